The Hall–Kier alpha value is -1.36. The zero-order valence-corrected chi connectivity index (χ0v) is 10.3. The van der Waals surface area contributed by atoms with Crippen molar-refractivity contribution in [2.24, 2.45) is 0 Å². The van der Waals surface area contributed by atoms with Crippen molar-refractivity contribution in [1.82, 2.24) is 10.3 Å². The minimum Gasteiger partial charge on any atom is -0.444 e. The zero-order chi connectivity index (χ0) is 12.3. The van der Waals surface area contributed by atoms with Crippen LogP contribution in [0.1, 0.15) is 38.5 Å². The highest BCUT2D eigenvalue weighted by molar-refractivity contribution is 5.84. The molecule has 0 aliphatic rings. The van der Waals surface area contributed by atoms with Crippen LogP contribution in [0, 0.1) is 6.92 Å². The van der Waals surface area contributed by atoms with E-state index in [0.717, 1.165) is 5.76 Å². The predicted molar refractivity (Wildman–Crippen MR) is 58.9 cm³/mol. The zero-order valence-electron chi connectivity index (χ0n) is 10.3. The summed E-state index contributed by atoms with van der Waals surface area (Å²) >= 11 is 0. The first-order valence-corrected chi connectivity index (χ1v) is 5.15. The molecule has 1 rings (SSSR count). The maximum absolute atomic E-state index is 11.8. The topological polar surface area (TPSA) is 64.4 Å². The Kier molecular flexibility index (Phi) is 3.70. The van der Waals surface area contributed by atoms with Crippen molar-refractivity contribution < 1.29 is 13.9 Å². The fourth-order valence-corrected chi connectivity index (χ4v) is 1.10. The molecule has 0 saturated heterocycles. The average molecular weight is 226 g/mol. The molecule has 0 fully saturated rings. The summed E-state index contributed by atoms with van der Waals surface area (Å²) in [6.07, 6.45) is 1.62. The molecule has 16 heavy (non-hydrogen) atoms. The summed E-state index contributed by atoms with van der Waals surface area (Å²) in [5, 5.41) is 2.78. The number of nitrogens with zero attached hydrogens (tertiary/aromatic N) is 1. The van der Waals surface area contributed by atoms with Crippen LogP contribution in [0.15, 0.2) is 10.6 Å². The molecule has 0 bridgehead atoms. The molecule has 1 aromatic rings. The second-order valence-corrected chi connectivity index (χ2v) is 4.22. The predicted octanol–water partition coefficient (Wildman–Crippen LogP) is 1.59. The number of hydrogen-bond donors (Lipinski definition) is 1. The maximum Gasteiger partial charge on any atom is 0.252 e. The maximum atomic E-state index is 11.8. The van der Waals surface area contributed by atoms with Crippen LogP contribution in [0.3, 0.4) is 0 Å². The van der Waals surface area contributed by atoms with E-state index in [2.05, 4.69) is 10.3 Å². The third-order valence-electron chi connectivity index (χ3n) is 2.41. The van der Waals surface area contributed by atoms with E-state index in [1.807, 2.05) is 13.8 Å². The highest BCUT2D eigenvalue weighted by Gasteiger charge is 2.29. The Labute approximate surface area is 95.2 Å². The summed E-state index contributed by atoms with van der Waals surface area (Å²) in [7, 11) is 1.50. The summed E-state index contributed by atoms with van der Waals surface area (Å²) < 4.78 is 10.4. The molecule has 1 heterocycles. The average Bonchev–Trinajstić information content (AvgIpc) is 2.64. The van der Waals surface area contributed by atoms with Gasteiger partial charge in [0.2, 0.25) is 5.89 Å². The first-order chi connectivity index (χ1) is 7.36. The number of carbonyl (C=O) groups is 1. The van der Waals surface area contributed by atoms with Gasteiger partial charge in [0, 0.05) is 7.11 Å². The lowest BCUT2D eigenvalue weighted by Crippen LogP contribution is -2.44. The summed E-state index contributed by atoms with van der Waals surface area (Å²) in [4.78, 5) is 15.8. The molecule has 0 aromatic carbocycles. The smallest absolute Gasteiger partial charge is 0.252 e. The summed E-state index contributed by atoms with van der Waals surface area (Å²) in [5.74, 6) is 1.03. The molecule has 1 atom stereocenters. The number of amides is 1. The Bertz CT molecular complexity index is 371. The standard InChI is InChI=1S/C11H18N2O3/c1-7-6-12-9(16-7)8(2)13-10(14)11(3,4)15-5/h6,8H,1-5H3,(H,13,14). The Morgan fingerprint density at radius 3 is 2.69 bits per heavy atom. The number of aromatic nitrogens is 1. The summed E-state index contributed by atoms with van der Waals surface area (Å²) in [6, 6.07) is -0.268. The van der Waals surface area contributed by atoms with Crippen molar-refractivity contribution in [2.75, 3.05) is 7.11 Å². The second kappa shape index (κ2) is 4.65. The number of aryl methyl sites for hydroxylation is 1. The second-order valence-electron chi connectivity index (χ2n) is 4.22. The van der Waals surface area contributed by atoms with E-state index in [9.17, 15) is 4.79 Å². The number of carbonyl (C=O) groups excluding carboxylic acids is 1. The van der Waals surface area contributed by atoms with E-state index in [1.165, 1.54) is 7.11 Å². The van der Waals surface area contributed by atoms with Gasteiger partial charge in [0.1, 0.15) is 17.4 Å². The molecule has 90 valence electrons. The van der Waals surface area contributed by atoms with Gasteiger partial charge in [0.15, 0.2) is 0 Å². The van der Waals surface area contributed by atoms with Gasteiger partial charge in [-0.15, -0.1) is 0 Å². The van der Waals surface area contributed by atoms with Gasteiger partial charge in [0.05, 0.1) is 6.20 Å². The van der Waals surface area contributed by atoms with E-state index in [4.69, 9.17) is 9.15 Å². The monoisotopic (exact) mass is 226 g/mol. The van der Waals surface area contributed by atoms with E-state index in [1.54, 1.807) is 20.0 Å². The van der Waals surface area contributed by atoms with Crippen molar-refractivity contribution in [3.63, 3.8) is 0 Å². The Balaban J connectivity index is 2.65. The molecule has 0 saturated carbocycles. The lowest BCUT2D eigenvalue weighted by Gasteiger charge is -2.23. The van der Waals surface area contributed by atoms with E-state index in [0.29, 0.717) is 5.89 Å². The Morgan fingerprint density at radius 2 is 2.25 bits per heavy atom. The molecule has 1 amide bonds. The molecule has 1 unspecified atom stereocenters. The summed E-state index contributed by atoms with van der Waals surface area (Å²) in [6.45, 7) is 7.03. The van der Waals surface area contributed by atoms with E-state index < -0.39 is 5.60 Å². The number of hydrogen-bond acceptors (Lipinski definition) is 4. The number of oxazole rings is 1. The summed E-state index contributed by atoms with van der Waals surface area (Å²) in [5.41, 5.74) is -0.851. The van der Waals surface area contributed by atoms with Crippen molar-refractivity contribution in [3.05, 3.63) is 17.8 Å². The number of methoxy groups -OCH3 is 1. The lowest BCUT2D eigenvalue weighted by atomic mass is 10.1. The van der Waals surface area contributed by atoms with E-state index in [-0.39, 0.29) is 11.9 Å². The van der Waals surface area contributed by atoms with Crippen LogP contribution in [0.5, 0.6) is 0 Å². The van der Waals surface area contributed by atoms with Crippen LogP contribution in [-0.2, 0) is 9.53 Å². The lowest BCUT2D eigenvalue weighted by molar-refractivity contribution is -0.140. The molecule has 1 aromatic heterocycles. The third kappa shape index (κ3) is 2.82. The highest BCUT2D eigenvalue weighted by atomic mass is 16.5. The molecule has 0 aliphatic carbocycles. The number of ether oxygens (including phenoxy) is 1. The van der Waals surface area contributed by atoms with E-state index >= 15 is 0 Å². The van der Waals surface area contributed by atoms with Crippen LogP contribution in [0.25, 0.3) is 0 Å². The quantitative estimate of drug-likeness (QED) is 0.846. The fraction of sp³-hybridized carbons (Fsp3) is 0.636. The van der Waals surface area contributed by atoms with Crippen LogP contribution in [0.2, 0.25) is 0 Å². The molecule has 0 radical (unpaired) electrons. The SMILES string of the molecule is COC(C)(C)C(=O)NC(C)c1ncc(C)o1. The van der Waals surface area contributed by atoms with Crippen molar-refractivity contribution in [1.29, 1.82) is 0 Å². The van der Waals surface area contributed by atoms with Crippen molar-refractivity contribution in [2.45, 2.75) is 39.3 Å². The van der Waals surface area contributed by atoms with Crippen LogP contribution < -0.4 is 5.32 Å². The molecular weight excluding hydrogens is 208 g/mol. The first kappa shape index (κ1) is 12.7. The van der Waals surface area contributed by atoms with Gasteiger partial charge in [-0.05, 0) is 27.7 Å². The molecule has 1 N–H and O–H groups in total. The minimum atomic E-state index is -0.851. The van der Waals surface area contributed by atoms with Gasteiger partial charge in [0.25, 0.3) is 5.91 Å². The van der Waals surface area contributed by atoms with Crippen LogP contribution in [-0.4, -0.2) is 23.6 Å². The normalized spacial score (nSPS) is 13.6. The highest BCUT2D eigenvalue weighted by Crippen LogP contribution is 2.14. The van der Waals surface area contributed by atoms with Crippen molar-refractivity contribution >= 4 is 5.91 Å². The van der Waals surface area contributed by atoms with Gasteiger partial charge in [-0.25, -0.2) is 4.98 Å². The van der Waals surface area contributed by atoms with Gasteiger partial charge >= 0.3 is 0 Å². The van der Waals surface area contributed by atoms with Gasteiger partial charge in [-0.1, -0.05) is 0 Å². The molecule has 5 nitrogen and oxygen atoms in total. The molecular formula is C11H18N2O3. The van der Waals surface area contributed by atoms with Crippen LogP contribution >= 0.6 is 0 Å². The van der Waals surface area contributed by atoms with Gasteiger partial charge in [-0.2, -0.15) is 0 Å². The Morgan fingerprint density at radius 1 is 1.62 bits per heavy atom. The third-order valence-corrected chi connectivity index (χ3v) is 2.41. The molecule has 0 spiro atoms. The van der Waals surface area contributed by atoms with Crippen LogP contribution in [0.4, 0.5) is 0 Å². The largest absolute Gasteiger partial charge is 0.444 e. The number of rotatable bonds is 4. The molecule has 5 heteroatoms. The minimum absolute atomic E-state index is 0.196. The first-order valence-electron chi connectivity index (χ1n) is 5.15. The van der Waals surface area contributed by atoms with Gasteiger partial charge < -0.3 is 14.5 Å². The fourth-order valence-electron chi connectivity index (χ4n) is 1.10. The van der Waals surface area contributed by atoms with Gasteiger partial charge in [-0.3, -0.25) is 4.79 Å². The van der Waals surface area contributed by atoms with Crippen molar-refractivity contribution in [3.8, 4) is 0 Å². The molecule has 0 aliphatic heterocycles. The number of nitrogens with one attached hydrogen (secondary N) is 1.